The summed E-state index contributed by atoms with van der Waals surface area (Å²) < 4.78 is 20.3. The van der Waals surface area contributed by atoms with Gasteiger partial charge in [-0.05, 0) is 49.2 Å². The number of nitrogens with zero attached hydrogens (tertiary/aromatic N) is 1. The highest BCUT2D eigenvalue weighted by Crippen LogP contribution is 2.28. The Bertz CT molecular complexity index is 1460. The minimum atomic E-state index is -0.339. The van der Waals surface area contributed by atoms with Gasteiger partial charge in [-0.3, -0.25) is 9.59 Å². The topological polar surface area (TPSA) is 102 Å². The van der Waals surface area contributed by atoms with Crippen molar-refractivity contribution in [1.29, 1.82) is 0 Å². The normalized spacial score (nSPS) is 13.4. The van der Waals surface area contributed by atoms with Crippen molar-refractivity contribution in [1.82, 2.24) is 15.6 Å². The molecular formula is C28H23FN4O3. The average Bonchev–Trinajstić information content (AvgIpc) is 3.55. The first-order chi connectivity index (χ1) is 17.5. The van der Waals surface area contributed by atoms with Crippen molar-refractivity contribution in [3.63, 3.8) is 0 Å². The molecule has 3 N–H and O–H groups in total. The number of benzene rings is 2. The molecule has 0 saturated heterocycles. The lowest BCUT2D eigenvalue weighted by molar-refractivity contribution is -0.112. The van der Waals surface area contributed by atoms with Crippen LogP contribution in [0.5, 0.6) is 11.5 Å². The van der Waals surface area contributed by atoms with Gasteiger partial charge in [0.15, 0.2) is 0 Å². The second-order valence-corrected chi connectivity index (χ2v) is 8.36. The fourth-order valence-electron chi connectivity index (χ4n) is 3.81. The lowest BCUT2D eigenvalue weighted by atomic mass is 10.1. The molecule has 2 amide bonds. The molecule has 7 nitrogen and oxygen atoms in total. The third-order valence-corrected chi connectivity index (χ3v) is 5.83. The van der Waals surface area contributed by atoms with Crippen molar-refractivity contribution in [3.05, 3.63) is 113 Å². The molecule has 1 aliphatic carbocycles. The minimum absolute atomic E-state index is 0.187. The van der Waals surface area contributed by atoms with Gasteiger partial charge in [-0.15, -0.1) is 0 Å². The van der Waals surface area contributed by atoms with E-state index in [4.69, 9.17) is 4.74 Å². The maximum atomic E-state index is 14.2. The van der Waals surface area contributed by atoms with Crippen molar-refractivity contribution in [2.24, 2.45) is 0 Å². The van der Waals surface area contributed by atoms with Crippen molar-refractivity contribution < 1.29 is 18.7 Å². The fraction of sp³-hybridized carbons (Fsp3) is 0.107. The smallest absolute Gasteiger partial charge is 0.256 e. The number of rotatable bonds is 8. The molecule has 3 aromatic rings. The van der Waals surface area contributed by atoms with E-state index in [-0.39, 0.29) is 24.2 Å². The van der Waals surface area contributed by atoms with Crippen molar-refractivity contribution in [2.75, 3.05) is 5.32 Å². The number of carbonyl (C=O) groups excluding carboxylic acids is 2. The number of anilines is 1. The number of hydrogen-bond acceptors (Lipinski definition) is 5. The summed E-state index contributed by atoms with van der Waals surface area (Å²) in [5, 5.41) is 8.47. The second-order valence-electron chi connectivity index (χ2n) is 8.36. The number of ether oxygens (including phenoxy) is 1. The van der Waals surface area contributed by atoms with Gasteiger partial charge in [0, 0.05) is 47.3 Å². The summed E-state index contributed by atoms with van der Waals surface area (Å²) in [4.78, 5) is 29.4. The Morgan fingerprint density at radius 1 is 1.14 bits per heavy atom. The first-order valence-electron chi connectivity index (χ1n) is 11.4. The van der Waals surface area contributed by atoms with Crippen LogP contribution < -0.4 is 20.7 Å². The molecule has 2 aromatic carbocycles. The van der Waals surface area contributed by atoms with Gasteiger partial charge in [0.1, 0.15) is 23.1 Å². The molecule has 180 valence electrons. The van der Waals surface area contributed by atoms with E-state index < -0.39 is 0 Å². The number of halogens is 1. The number of allylic oxidation sites excluding steroid dienone is 2. The minimum Gasteiger partial charge on any atom is -0.457 e. The van der Waals surface area contributed by atoms with Crippen LogP contribution >= 0.6 is 0 Å². The monoisotopic (exact) mass is 482 g/mol. The number of amides is 2. The molecule has 2 aliphatic rings. The zero-order valence-electron chi connectivity index (χ0n) is 19.5. The molecule has 0 atom stereocenters. The van der Waals surface area contributed by atoms with E-state index in [0.29, 0.717) is 45.1 Å². The van der Waals surface area contributed by atoms with Crippen molar-refractivity contribution in [2.45, 2.75) is 19.9 Å². The molecule has 36 heavy (non-hydrogen) atoms. The van der Waals surface area contributed by atoms with Gasteiger partial charge in [0.25, 0.3) is 11.8 Å². The van der Waals surface area contributed by atoms with Gasteiger partial charge >= 0.3 is 0 Å². The molecule has 0 spiro atoms. The Labute approximate surface area is 207 Å². The Balaban J connectivity index is 1.25. The molecule has 0 fully saturated rings. The molecule has 1 aromatic heterocycles. The van der Waals surface area contributed by atoms with Crippen molar-refractivity contribution in [3.8, 4) is 11.5 Å². The number of pyridine rings is 1. The number of hydrogen-bond donors (Lipinski definition) is 3. The van der Waals surface area contributed by atoms with E-state index in [1.165, 1.54) is 12.3 Å². The second kappa shape index (κ2) is 9.87. The molecule has 5 rings (SSSR count). The Morgan fingerprint density at radius 2 is 2.00 bits per heavy atom. The number of carbonyl (C=O) groups is 2. The lowest BCUT2D eigenvalue weighted by Crippen LogP contribution is -2.23. The molecule has 0 saturated carbocycles. The van der Waals surface area contributed by atoms with E-state index in [1.54, 1.807) is 61.7 Å². The molecule has 2 heterocycles. The highest BCUT2D eigenvalue weighted by molar-refractivity contribution is 6.05. The van der Waals surface area contributed by atoms with E-state index in [1.807, 2.05) is 12.2 Å². The average molecular weight is 483 g/mol. The van der Waals surface area contributed by atoms with Crippen LogP contribution in [-0.2, 0) is 11.3 Å². The van der Waals surface area contributed by atoms with Crippen LogP contribution in [-0.4, -0.2) is 16.8 Å². The third-order valence-electron chi connectivity index (χ3n) is 5.83. The Kier molecular flexibility index (Phi) is 6.32. The fourth-order valence-corrected chi connectivity index (χ4v) is 3.81. The number of nitrogens with one attached hydrogen (secondary N) is 3. The van der Waals surface area contributed by atoms with Gasteiger partial charge in [-0.2, -0.15) is 0 Å². The molecule has 0 unspecified atom stereocenters. The molecule has 0 radical (unpaired) electrons. The molecule has 1 aliphatic heterocycles. The van der Waals surface area contributed by atoms with Gasteiger partial charge in [0.2, 0.25) is 0 Å². The summed E-state index contributed by atoms with van der Waals surface area (Å²) in [6.45, 7) is 1.98. The van der Waals surface area contributed by atoms with E-state index in [2.05, 4.69) is 20.9 Å². The van der Waals surface area contributed by atoms with Gasteiger partial charge in [0.05, 0.1) is 5.70 Å². The van der Waals surface area contributed by atoms with Crippen LogP contribution in [0.25, 0.3) is 5.70 Å². The van der Waals surface area contributed by atoms with Crippen molar-refractivity contribution >= 4 is 23.3 Å². The maximum Gasteiger partial charge on any atom is 0.256 e. The van der Waals surface area contributed by atoms with Crippen LogP contribution in [0.1, 0.15) is 33.5 Å². The van der Waals surface area contributed by atoms with Crippen LogP contribution in [0, 0.1) is 12.7 Å². The first-order valence-corrected chi connectivity index (χ1v) is 11.4. The highest BCUT2D eigenvalue weighted by Gasteiger charge is 2.17. The summed E-state index contributed by atoms with van der Waals surface area (Å²) in [5.41, 5.74) is 3.62. The van der Waals surface area contributed by atoms with E-state index in [0.717, 1.165) is 12.1 Å². The zero-order valence-corrected chi connectivity index (χ0v) is 19.5. The Morgan fingerprint density at radius 3 is 2.75 bits per heavy atom. The quantitative estimate of drug-likeness (QED) is 0.420. The third kappa shape index (κ3) is 5.17. The van der Waals surface area contributed by atoms with Crippen LogP contribution in [0.3, 0.4) is 0 Å². The summed E-state index contributed by atoms with van der Waals surface area (Å²) >= 11 is 0. The SMILES string of the molecule is Cc1c(Oc2ccnc(NC(=O)C3=CCC=C3)c2)cccc1C(=O)NCc1ccc(C2=CN2)c(F)c1. The largest absolute Gasteiger partial charge is 0.457 e. The number of aromatic nitrogens is 1. The molecular weight excluding hydrogens is 459 g/mol. The predicted octanol–water partition coefficient (Wildman–Crippen LogP) is 4.98. The van der Waals surface area contributed by atoms with Crippen LogP contribution in [0.2, 0.25) is 0 Å². The van der Waals surface area contributed by atoms with Gasteiger partial charge < -0.3 is 20.7 Å². The van der Waals surface area contributed by atoms with Gasteiger partial charge in [-0.1, -0.05) is 30.4 Å². The first kappa shape index (κ1) is 23.0. The summed E-state index contributed by atoms with van der Waals surface area (Å²) in [6, 6.07) is 13.4. The van der Waals surface area contributed by atoms with Crippen LogP contribution in [0.4, 0.5) is 10.2 Å². The standard InChI is InChI=1S/C28H23FN4O3/c1-17-21(28(35)32-15-18-9-10-22(23(29)13-18)24-16-31-24)7-4-8-25(17)36-20-11-12-30-26(14-20)33-27(34)19-5-2-3-6-19/h2,4-14,16,31H,3,15H2,1H3,(H,32,35)(H,30,33,34). The zero-order chi connectivity index (χ0) is 25.1. The van der Waals surface area contributed by atoms with Crippen LogP contribution in [0.15, 0.2) is 84.7 Å². The molecule has 8 heteroatoms. The summed E-state index contributed by atoms with van der Waals surface area (Å²) in [6.07, 6.45) is 9.52. The molecule has 0 bridgehead atoms. The van der Waals surface area contributed by atoms with E-state index in [9.17, 15) is 14.0 Å². The lowest BCUT2D eigenvalue weighted by Gasteiger charge is -2.13. The van der Waals surface area contributed by atoms with E-state index >= 15 is 0 Å². The predicted molar refractivity (Wildman–Crippen MR) is 135 cm³/mol. The highest BCUT2D eigenvalue weighted by atomic mass is 19.1. The summed E-state index contributed by atoms with van der Waals surface area (Å²) in [5.74, 6) is 0.445. The van der Waals surface area contributed by atoms with Gasteiger partial charge in [-0.25, -0.2) is 9.37 Å². The Hall–Kier alpha value is -4.72. The summed E-state index contributed by atoms with van der Waals surface area (Å²) in [7, 11) is 0. The maximum absolute atomic E-state index is 14.2.